The Morgan fingerprint density at radius 2 is 2.00 bits per heavy atom. The summed E-state index contributed by atoms with van der Waals surface area (Å²) < 4.78 is 5.54. The number of hydrogen-bond acceptors (Lipinski definition) is 3. The van der Waals surface area contributed by atoms with Crippen molar-refractivity contribution < 1.29 is 19.4 Å². The zero-order valence-corrected chi connectivity index (χ0v) is 12.3. The lowest BCUT2D eigenvalue weighted by Gasteiger charge is -2.06. The van der Waals surface area contributed by atoms with Gasteiger partial charge in [-0.25, -0.2) is 0 Å². The fourth-order valence-electron chi connectivity index (χ4n) is 1.50. The first-order valence-corrected chi connectivity index (χ1v) is 6.97. The molecule has 1 amide bonds. The van der Waals surface area contributed by atoms with Crippen molar-refractivity contribution >= 4 is 18.0 Å². The highest BCUT2D eigenvalue weighted by Crippen LogP contribution is 2.13. The maximum Gasteiger partial charge on any atom is 0.325 e. The number of hydrogen-bond donors (Lipinski definition) is 2. The van der Waals surface area contributed by atoms with E-state index in [4.69, 9.17) is 9.84 Å². The van der Waals surface area contributed by atoms with Crippen LogP contribution in [0.25, 0.3) is 6.08 Å². The Labute approximate surface area is 124 Å². The molecule has 0 saturated carbocycles. The number of aliphatic carboxylic acids is 1. The number of rotatable bonds is 8. The van der Waals surface area contributed by atoms with Crippen molar-refractivity contribution in [2.24, 2.45) is 0 Å². The molecule has 114 valence electrons. The molecule has 0 fully saturated rings. The zero-order chi connectivity index (χ0) is 15.7. The molecular weight excluding hydrogens is 270 g/mol. The van der Waals surface area contributed by atoms with Crippen LogP contribution in [-0.2, 0) is 9.59 Å². The lowest BCUT2D eigenvalue weighted by molar-refractivity contribution is -0.140. The smallest absolute Gasteiger partial charge is 0.325 e. The van der Waals surface area contributed by atoms with Crippen LogP contribution in [0, 0.1) is 0 Å². The number of carbonyl (C=O) groups excluding carboxylic acids is 1. The maximum absolute atomic E-state index is 11.5. The number of benzene rings is 1. The van der Waals surface area contributed by atoms with Gasteiger partial charge in [-0.1, -0.05) is 25.5 Å². The number of nitrogens with one attached hydrogen (secondary N) is 1. The monoisotopic (exact) mass is 291 g/mol. The Hall–Kier alpha value is -2.30. The largest absolute Gasteiger partial charge is 0.494 e. The minimum Gasteiger partial charge on any atom is -0.494 e. The summed E-state index contributed by atoms with van der Waals surface area (Å²) in [6, 6.07) is 6.45. The Morgan fingerprint density at radius 1 is 1.33 bits per heavy atom. The van der Waals surface area contributed by atoms with Crippen LogP contribution in [0.3, 0.4) is 0 Å². The first kappa shape index (κ1) is 16.8. The molecule has 0 aliphatic heterocycles. The lowest BCUT2D eigenvalue weighted by Crippen LogP contribution is -2.37. The Morgan fingerprint density at radius 3 is 2.57 bits per heavy atom. The maximum atomic E-state index is 11.5. The molecule has 0 spiro atoms. The fraction of sp³-hybridized carbons (Fsp3) is 0.375. The highest BCUT2D eigenvalue weighted by molar-refractivity contribution is 5.94. The molecule has 5 heteroatoms. The van der Waals surface area contributed by atoms with Gasteiger partial charge in [-0.15, -0.1) is 0 Å². The van der Waals surface area contributed by atoms with Crippen LogP contribution in [0.2, 0.25) is 0 Å². The molecule has 1 atom stereocenters. The van der Waals surface area contributed by atoms with Gasteiger partial charge < -0.3 is 15.2 Å². The van der Waals surface area contributed by atoms with Gasteiger partial charge in [-0.3, -0.25) is 9.59 Å². The summed E-state index contributed by atoms with van der Waals surface area (Å²) in [5, 5.41) is 11.0. The van der Waals surface area contributed by atoms with E-state index in [0.717, 1.165) is 24.2 Å². The topological polar surface area (TPSA) is 75.6 Å². The number of unbranched alkanes of at least 4 members (excludes halogenated alkanes) is 1. The van der Waals surface area contributed by atoms with E-state index in [2.05, 4.69) is 12.2 Å². The molecule has 0 aliphatic carbocycles. The van der Waals surface area contributed by atoms with Gasteiger partial charge >= 0.3 is 5.97 Å². The second kappa shape index (κ2) is 8.79. The zero-order valence-electron chi connectivity index (χ0n) is 12.3. The summed E-state index contributed by atoms with van der Waals surface area (Å²) in [5.74, 6) is -0.706. The molecule has 0 unspecified atom stereocenters. The van der Waals surface area contributed by atoms with Gasteiger partial charge in [0.25, 0.3) is 0 Å². The van der Waals surface area contributed by atoms with Gasteiger partial charge in [0.2, 0.25) is 5.91 Å². The lowest BCUT2D eigenvalue weighted by atomic mass is 10.2. The number of carbonyl (C=O) groups is 2. The van der Waals surface area contributed by atoms with Gasteiger partial charge in [-0.2, -0.15) is 0 Å². The van der Waals surface area contributed by atoms with E-state index in [1.165, 1.54) is 13.0 Å². The first-order chi connectivity index (χ1) is 10.0. The summed E-state index contributed by atoms with van der Waals surface area (Å²) in [6.07, 6.45) is 5.04. The van der Waals surface area contributed by atoms with Crippen molar-refractivity contribution in [3.8, 4) is 5.75 Å². The van der Waals surface area contributed by atoms with Crippen LogP contribution >= 0.6 is 0 Å². The van der Waals surface area contributed by atoms with E-state index in [1.54, 1.807) is 6.08 Å². The van der Waals surface area contributed by atoms with E-state index in [-0.39, 0.29) is 0 Å². The summed E-state index contributed by atoms with van der Waals surface area (Å²) >= 11 is 0. The van der Waals surface area contributed by atoms with Crippen LogP contribution in [0.5, 0.6) is 5.75 Å². The van der Waals surface area contributed by atoms with Crippen molar-refractivity contribution in [3.63, 3.8) is 0 Å². The summed E-state index contributed by atoms with van der Waals surface area (Å²) in [4.78, 5) is 22.1. The molecule has 5 nitrogen and oxygen atoms in total. The van der Waals surface area contributed by atoms with Gasteiger partial charge in [0.1, 0.15) is 11.8 Å². The van der Waals surface area contributed by atoms with Crippen molar-refractivity contribution in [1.82, 2.24) is 5.32 Å². The molecular formula is C16H21NO4. The van der Waals surface area contributed by atoms with Gasteiger partial charge in [-0.05, 0) is 37.1 Å². The quantitative estimate of drug-likeness (QED) is 0.570. The van der Waals surface area contributed by atoms with Crippen LogP contribution in [0.1, 0.15) is 32.3 Å². The van der Waals surface area contributed by atoms with Crippen LogP contribution in [0.15, 0.2) is 30.3 Å². The van der Waals surface area contributed by atoms with E-state index < -0.39 is 17.9 Å². The molecule has 0 saturated heterocycles. The number of ether oxygens (including phenoxy) is 1. The molecule has 0 aliphatic rings. The third-order valence-corrected chi connectivity index (χ3v) is 2.80. The molecule has 0 bridgehead atoms. The average Bonchev–Trinajstić information content (AvgIpc) is 2.46. The molecule has 1 aromatic rings. The SMILES string of the molecule is CCCCOc1ccc(/C=C/C(=O)N[C@@H](C)C(=O)O)cc1. The molecule has 0 aromatic heterocycles. The highest BCUT2D eigenvalue weighted by atomic mass is 16.5. The standard InChI is InChI=1S/C16H21NO4/c1-3-4-11-21-14-8-5-13(6-9-14)7-10-15(18)17-12(2)16(19)20/h5-10,12H,3-4,11H2,1-2H3,(H,17,18)(H,19,20)/b10-7+/t12-/m0/s1. The van der Waals surface area contributed by atoms with E-state index in [0.29, 0.717) is 6.61 Å². The highest BCUT2D eigenvalue weighted by Gasteiger charge is 2.11. The van der Waals surface area contributed by atoms with Crippen LogP contribution in [0.4, 0.5) is 0 Å². The number of carboxylic acid groups (broad SMARTS) is 1. The van der Waals surface area contributed by atoms with E-state index in [9.17, 15) is 9.59 Å². The normalized spacial score (nSPS) is 12.1. The van der Waals surface area contributed by atoms with Crippen molar-refractivity contribution in [2.45, 2.75) is 32.7 Å². The van der Waals surface area contributed by atoms with Crippen molar-refractivity contribution in [3.05, 3.63) is 35.9 Å². The second-order valence-corrected chi connectivity index (χ2v) is 4.67. The predicted molar refractivity (Wildman–Crippen MR) is 81.1 cm³/mol. The van der Waals surface area contributed by atoms with Gasteiger partial charge in [0.05, 0.1) is 6.61 Å². The summed E-state index contributed by atoms with van der Waals surface area (Å²) in [7, 11) is 0. The third-order valence-electron chi connectivity index (χ3n) is 2.80. The van der Waals surface area contributed by atoms with Crippen molar-refractivity contribution in [1.29, 1.82) is 0 Å². The molecule has 1 rings (SSSR count). The Kier molecular flexibility index (Phi) is 7.01. The second-order valence-electron chi connectivity index (χ2n) is 4.67. The minimum absolute atomic E-state index is 0.437. The molecule has 0 radical (unpaired) electrons. The molecule has 21 heavy (non-hydrogen) atoms. The molecule has 2 N–H and O–H groups in total. The van der Waals surface area contributed by atoms with Gasteiger partial charge in [0, 0.05) is 6.08 Å². The summed E-state index contributed by atoms with van der Waals surface area (Å²) in [6.45, 7) is 4.21. The van der Waals surface area contributed by atoms with Crippen molar-refractivity contribution in [2.75, 3.05) is 6.61 Å². The minimum atomic E-state index is -1.06. The summed E-state index contributed by atoms with van der Waals surface area (Å²) in [5.41, 5.74) is 0.843. The molecule has 1 aromatic carbocycles. The number of carboxylic acids is 1. The van der Waals surface area contributed by atoms with E-state index in [1.807, 2.05) is 24.3 Å². The van der Waals surface area contributed by atoms with Gasteiger partial charge in [0.15, 0.2) is 0 Å². The van der Waals surface area contributed by atoms with Crippen LogP contribution < -0.4 is 10.1 Å². The van der Waals surface area contributed by atoms with Crippen LogP contribution in [-0.4, -0.2) is 29.6 Å². The first-order valence-electron chi connectivity index (χ1n) is 6.97. The Balaban J connectivity index is 2.49. The fourth-order valence-corrected chi connectivity index (χ4v) is 1.50. The number of amides is 1. The average molecular weight is 291 g/mol. The predicted octanol–water partition coefficient (Wildman–Crippen LogP) is 2.47. The molecule has 0 heterocycles. The van der Waals surface area contributed by atoms with E-state index >= 15 is 0 Å². The Bertz CT molecular complexity index is 494. The third kappa shape index (κ3) is 6.61.